The molecule has 0 atom stereocenters. The molecule has 164 valence electrons. The normalized spacial score (nSPS) is 11.6. The van der Waals surface area contributed by atoms with Crippen LogP contribution >= 0.6 is 11.8 Å². The van der Waals surface area contributed by atoms with E-state index in [0.717, 1.165) is 39.5 Å². The van der Waals surface area contributed by atoms with Gasteiger partial charge in [-0.05, 0) is 29.4 Å². The number of nitrogens with one attached hydrogen (secondary N) is 1. The number of hydrogen-bond acceptors (Lipinski definition) is 4. The Kier molecular flexibility index (Phi) is 6.33. The van der Waals surface area contributed by atoms with Crippen LogP contribution in [0.3, 0.4) is 0 Å². The lowest BCUT2D eigenvalue weighted by molar-refractivity contribution is -0.113. The third-order valence-corrected chi connectivity index (χ3v) is 6.41. The van der Waals surface area contributed by atoms with Gasteiger partial charge in [-0.15, -0.1) is 10.2 Å². The number of nitrogens with zero attached hydrogens (tertiary/aromatic N) is 3. The average molecular weight is 445 g/mol. The quantitative estimate of drug-likeness (QED) is 0.363. The van der Waals surface area contributed by atoms with Gasteiger partial charge in [-0.25, -0.2) is 0 Å². The summed E-state index contributed by atoms with van der Waals surface area (Å²) in [7, 11) is 0. The van der Waals surface area contributed by atoms with Crippen LogP contribution in [0, 0.1) is 0 Å². The molecule has 32 heavy (non-hydrogen) atoms. The van der Waals surface area contributed by atoms with Gasteiger partial charge in [0.15, 0.2) is 11.0 Å². The van der Waals surface area contributed by atoms with Crippen molar-refractivity contribution in [3.05, 3.63) is 72.3 Å². The first-order chi connectivity index (χ1) is 15.4. The predicted molar refractivity (Wildman–Crippen MR) is 133 cm³/mol. The minimum absolute atomic E-state index is 0.0620. The molecule has 0 spiro atoms. The molecular formula is C26H28N4OS. The SMILES string of the molecule is CCn1c(SCC(=O)Nc2cccc3ccccc23)nnc1-c1ccc(C(C)(C)C)cc1. The lowest BCUT2D eigenvalue weighted by Gasteiger charge is -2.19. The van der Waals surface area contributed by atoms with Crippen molar-refractivity contribution < 1.29 is 4.79 Å². The summed E-state index contributed by atoms with van der Waals surface area (Å²) in [4.78, 5) is 12.6. The van der Waals surface area contributed by atoms with Crippen molar-refractivity contribution in [1.82, 2.24) is 14.8 Å². The summed E-state index contributed by atoms with van der Waals surface area (Å²) in [5, 5.41) is 14.7. The number of hydrogen-bond donors (Lipinski definition) is 1. The number of rotatable bonds is 6. The Morgan fingerprint density at radius 1 is 0.969 bits per heavy atom. The van der Waals surface area contributed by atoms with Gasteiger partial charge in [0, 0.05) is 23.2 Å². The molecule has 6 heteroatoms. The number of anilines is 1. The molecule has 0 aliphatic carbocycles. The van der Waals surface area contributed by atoms with E-state index in [1.807, 2.05) is 42.5 Å². The molecule has 1 heterocycles. The first kappa shape index (κ1) is 22.1. The molecule has 0 aliphatic heterocycles. The van der Waals surface area contributed by atoms with Gasteiger partial charge in [0.2, 0.25) is 5.91 Å². The van der Waals surface area contributed by atoms with Gasteiger partial charge in [-0.1, -0.05) is 93.2 Å². The van der Waals surface area contributed by atoms with Crippen LogP contribution in [0.1, 0.15) is 33.3 Å². The summed E-state index contributed by atoms with van der Waals surface area (Å²) >= 11 is 1.40. The van der Waals surface area contributed by atoms with E-state index >= 15 is 0 Å². The fourth-order valence-corrected chi connectivity index (χ4v) is 4.47. The molecule has 0 bridgehead atoms. The third kappa shape index (κ3) is 4.70. The molecule has 0 unspecified atom stereocenters. The highest BCUT2D eigenvalue weighted by atomic mass is 32.2. The molecule has 0 saturated heterocycles. The third-order valence-electron chi connectivity index (χ3n) is 5.44. The lowest BCUT2D eigenvalue weighted by Crippen LogP contribution is -2.15. The largest absolute Gasteiger partial charge is 0.325 e. The van der Waals surface area contributed by atoms with Crippen molar-refractivity contribution in [1.29, 1.82) is 0 Å². The maximum absolute atomic E-state index is 12.6. The molecule has 1 N–H and O–H groups in total. The summed E-state index contributed by atoms with van der Waals surface area (Å²) in [6, 6.07) is 22.4. The van der Waals surface area contributed by atoms with E-state index in [9.17, 15) is 4.79 Å². The molecule has 4 aromatic rings. The monoisotopic (exact) mass is 444 g/mol. The highest BCUT2D eigenvalue weighted by Gasteiger charge is 2.17. The Morgan fingerprint density at radius 2 is 1.69 bits per heavy atom. The number of amides is 1. The molecule has 0 aliphatic rings. The fourth-order valence-electron chi connectivity index (χ4n) is 3.66. The number of carbonyl (C=O) groups is 1. The van der Waals surface area contributed by atoms with Gasteiger partial charge >= 0.3 is 0 Å². The van der Waals surface area contributed by atoms with Gasteiger partial charge in [0.05, 0.1) is 5.75 Å². The Hall–Kier alpha value is -3.12. The summed E-state index contributed by atoms with van der Waals surface area (Å²) in [6.07, 6.45) is 0. The summed E-state index contributed by atoms with van der Waals surface area (Å²) in [6.45, 7) is 9.41. The molecule has 1 aromatic heterocycles. The predicted octanol–water partition coefficient (Wildman–Crippen LogP) is 6.15. The van der Waals surface area contributed by atoms with Crippen LogP contribution in [0.5, 0.6) is 0 Å². The van der Waals surface area contributed by atoms with Crippen LogP contribution in [-0.4, -0.2) is 26.4 Å². The molecule has 0 radical (unpaired) electrons. The van der Waals surface area contributed by atoms with Gasteiger partial charge < -0.3 is 9.88 Å². The van der Waals surface area contributed by atoms with Gasteiger partial charge in [-0.2, -0.15) is 0 Å². The van der Waals surface area contributed by atoms with E-state index in [1.165, 1.54) is 17.3 Å². The Labute approximate surface area is 193 Å². The molecule has 0 fully saturated rings. The highest BCUT2D eigenvalue weighted by molar-refractivity contribution is 7.99. The van der Waals surface area contributed by atoms with Crippen molar-refractivity contribution in [2.45, 2.75) is 44.8 Å². The first-order valence-electron chi connectivity index (χ1n) is 10.8. The first-order valence-corrected chi connectivity index (χ1v) is 11.8. The van der Waals surface area contributed by atoms with Crippen molar-refractivity contribution in [3.63, 3.8) is 0 Å². The zero-order valence-electron chi connectivity index (χ0n) is 18.9. The zero-order valence-corrected chi connectivity index (χ0v) is 19.7. The van der Waals surface area contributed by atoms with E-state index in [4.69, 9.17) is 0 Å². The van der Waals surface area contributed by atoms with Crippen molar-refractivity contribution in [2.24, 2.45) is 0 Å². The summed E-state index contributed by atoms with van der Waals surface area (Å²) in [5.74, 6) is 1.03. The number of aromatic nitrogens is 3. The van der Waals surface area contributed by atoms with Crippen molar-refractivity contribution >= 4 is 34.1 Å². The van der Waals surface area contributed by atoms with E-state index in [2.05, 4.69) is 72.0 Å². The smallest absolute Gasteiger partial charge is 0.234 e. The lowest BCUT2D eigenvalue weighted by atomic mass is 9.87. The van der Waals surface area contributed by atoms with Gasteiger partial charge in [0.25, 0.3) is 0 Å². The van der Waals surface area contributed by atoms with Gasteiger partial charge in [0.1, 0.15) is 0 Å². The fraction of sp³-hybridized carbons (Fsp3) is 0.269. The maximum Gasteiger partial charge on any atom is 0.234 e. The minimum atomic E-state index is -0.0620. The number of benzene rings is 3. The summed E-state index contributed by atoms with van der Waals surface area (Å²) < 4.78 is 2.06. The zero-order chi connectivity index (χ0) is 22.7. The molecule has 3 aromatic carbocycles. The maximum atomic E-state index is 12.6. The van der Waals surface area contributed by atoms with Crippen LogP contribution in [0.2, 0.25) is 0 Å². The minimum Gasteiger partial charge on any atom is -0.325 e. The molecule has 1 amide bonds. The Morgan fingerprint density at radius 3 is 2.41 bits per heavy atom. The van der Waals surface area contributed by atoms with Crippen LogP contribution in [0.4, 0.5) is 5.69 Å². The molecular weight excluding hydrogens is 416 g/mol. The number of fused-ring (bicyclic) bond motifs is 1. The van der Waals surface area contributed by atoms with Crippen LogP contribution < -0.4 is 5.32 Å². The van der Waals surface area contributed by atoms with Crippen LogP contribution in [0.15, 0.2) is 71.9 Å². The van der Waals surface area contributed by atoms with Crippen molar-refractivity contribution in [2.75, 3.05) is 11.1 Å². The van der Waals surface area contributed by atoms with E-state index in [0.29, 0.717) is 0 Å². The topological polar surface area (TPSA) is 59.8 Å². The van der Waals surface area contributed by atoms with E-state index in [-0.39, 0.29) is 17.1 Å². The number of carbonyl (C=O) groups excluding carboxylic acids is 1. The van der Waals surface area contributed by atoms with Crippen molar-refractivity contribution in [3.8, 4) is 11.4 Å². The van der Waals surface area contributed by atoms with E-state index in [1.54, 1.807) is 0 Å². The van der Waals surface area contributed by atoms with E-state index < -0.39 is 0 Å². The highest BCUT2D eigenvalue weighted by Crippen LogP contribution is 2.28. The number of thioether (sulfide) groups is 1. The Balaban J connectivity index is 1.47. The van der Waals surface area contributed by atoms with Gasteiger partial charge in [-0.3, -0.25) is 4.79 Å². The standard InChI is InChI=1S/C26H28N4OS/c1-5-30-24(19-13-15-20(16-14-19)26(2,3)4)28-29-25(30)32-17-23(31)27-22-12-8-10-18-9-6-7-11-21(18)22/h6-16H,5,17H2,1-4H3,(H,27,31). The molecule has 0 saturated carbocycles. The average Bonchev–Trinajstić information content (AvgIpc) is 3.20. The molecule has 5 nitrogen and oxygen atoms in total. The van der Waals surface area contributed by atoms with Crippen LogP contribution in [0.25, 0.3) is 22.2 Å². The summed E-state index contributed by atoms with van der Waals surface area (Å²) in [5.41, 5.74) is 3.24. The second-order valence-electron chi connectivity index (χ2n) is 8.74. The second-order valence-corrected chi connectivity index (χ2v) is 9.68. The van der Waals surface area contributed by atoms with Crippen LogP contribution in [-0.2, 0) is 16.8 Å². The Bertz CT molecular complexity index is 1230. The second kappa shape index (κ2) is 9.17. The molecule has 4 rings (SSSR count).